The van der Waals surface area contributed by atoms with Crippen LogP contribution in [-0.4, -0.2) is 29.8 Å². The third-order valence-corrected chi connectivity index (χ3v) is 5.53. The van der Waals surface area contributed by atoms with Crippen molar-refractivity contribution < 1.29 is 24.2 Å². The molecule has 0 unspecified atom stereocenters. The van der Waals surface area contributed by atoms with Crippen molar-refractivity contribution in [3.63, 3.8) is 0 Å². The van der Waals surface area contributed by atoms with Crippen LogP contribution in [0.3, 0.4) is 0 Å². The van der Waals surface area contributed by atoms with Crippen molar-refractivity contribution >= 4 is 40.2 Å². The Balaban J connectivity index is 1.47. The first kappa shape index (κ1) is 22.0. The molecule has 0 saturated heterocycles. The fourth-order valence-electron chi connectivity index (χ4n) is 3.14. The zero-order valence-corrected chi connectivity index (χ0v) is 18.5. The summed E-state index contributed by atoms with van der Waals surface area (Å²) in [6.45, 7) is 2.20. The Hall–Kier alpha value is -4.17. The smallest absolute Gasteiger partial charge is 0.353 e. The van der Waals surface area contributed by atoms with Crippen LogP contribution in [0.15, 0.2) is 77.2 Å². The van der Waals surface area contributed by atoms with Crippen molar-refractivity contribution in [2.24, 2.45) is 5.10 Å². The number of carbonyl (C=O) groups excluding carboxylic acids is 2. The number of phenolic OH excluding ortho intramolecular Hbond substituents is 1. The van der Waals surface area contributed by atoms with Crippen LogP contribution in [0, 0.1) is 0 Å². The minimum atomic E-state index is -0.541. The van der Waals surface area contributed by atoms with E-state index in [2.05, 4.69) is 10.5 Å². The second kappa shape index (κ2) is 9.97. The van der Waals surface area contributed by atoms with E-state index in [0.717, 1.165) is 10.8 Å². The molecule has 4 rings (SSSR count). The lowest BCUT2D eigenvalue weighted by molar-refractivity contribution is 0.0733. The fourth-order valence-corrected chi connectivity index (χ4v) is 3.74. The molecule has 0 aliphatic carbocycles. The summed E-state index contributed by atoms with van der Waals surface area (Å²) < 4.78 is 11.0. The average molecular weight is 461 g/mol. The second-order valence-corrected chi connectivity index (χ2v) is 7.87. The SMILES string of the molecule is CCOc1cc(/C=N\NC(=O)c2cc3ccccc3cc2O)ccc1OC(=O)c1cccs1. The van der Waals surface area contributed by atoms with E-state index in [1.165, 1.54) is 17.6 Å². The molecule has 0 bridgehead atoms. The Labute approximate surface area is 193 Å². The predicted molar refractivity (Wildman–Crippen MR) is 128 cm³/mol. The van der Waals surface area contributed by atoms with Crippen LogP contribution >= 0.6 is 11.3 Å². The van der Waals surface area contributed by atoms with Gasteiger partial charge in [-0.15, -0.1) is 11.3 Å². The molecule has 8 heteroatoms. The zero-order valence-electron chi connectivity index (χ0n) is 17.6. The van der Waals surface area contributed by atoms with Gasteiger partial charge < -0.3 is 14.6 Å². The van der Waals surface area contributed by atoms with Gasteiger partial charge in [0.15, 0.2) is 11.5 Å². The predicted octanol–water partition coefficient (Wildman–Crippen LogP) is 4.99. The van der Waals surface area contributed by atoms with Crippen molar-refractivity contribution in [2.45, 2.75) is 6.92 Å². The van der Waals surface area contributed by atoms with Gasteiger partial charge in [-0.25, -0.2) is 10.2 Å². The number of hydrogen-bond donors (Lipinski definition) is 2. The number of rotatable bonds is 7. The topological polar surface area (TPSA) is 97.2 Å². The van der Waals surface area contributed by atoms with Crippen LogP contribution in [-0.2, 0) is 0 Å². The summed E-state index contributed by atoms with van der Waals surface area (Å²) in [6.07, 6.45) is 1.43. The summed E-state index contributed by atoms with van der Waals surface area (Å²) in [5.74, 6) is -0.463. The molecule has 3 aromatic carbocycles. The Morgan fingerprint density at radius 2 is 1.82 bits per heavy atom. The number of amides is 1. The minimum Gasteiger partial charge on any atom is -0.507 e. The molecular weight excluding hydrogens is 440 g/mol. The number of hydrogen-bond acceptors (Lipinski definition) is 7. The molecule has 166 valence electrons. The van der Waals surface area contributed by atoms with E-state index in [1.807, 2.05) is 31.2 Å². The molecule has 1 amide bonds. The molecule has 0 aliphatic rings. The second-order valence-electron chi connectivity index (χ2n) is 6.92. The molecular formula is C25H20N2O5S. The first-order valence-corrected chi connectivity index (χ1v) is 11.0. The summed E-state index contributed by atoms with van der Waals surface area (Å²) in [6, 6.07) is 19.0. The Bertz CT molecular complexity index is 1330. The molecule has 0 aliphatic heterocycles. The van der Waals surface area contributed by atoms with Gasteiger partial charge in [-0.05, 0) is 65.0 Å². The average Bonchev–Trinajstić information content (AvgIpc) is 3.35. The number of thiophene rings is 1. The summed E-state index contributed by atoms with van der Waals surface area (Å²) in [7, 11) is 0. The summed E-state index contributed by atoms with van der Waals surface area (Å²) in [5.41, 5.74) is 3.16. The lowest BCUT2D eigenvalue weighted by Crippen LogP contribution is -2.17. The first-order valence-electron chi connectivity index (χ1n) is 10.1. The van der Waals surface area contributed by atoms with E-state index in [4.69, 9.17) is 9.47 Å². The summed E-state index contributed by atoms with van der Waals surface area (Å²) in [5, 5.41) is 17.6. The monoisotopic (exact) mass is 460 g/mol. The normalized spacial score (nSPS) is 10.9. The van der Waals surface area contributed by atoms with E-state index >= 15 is 0 Å². The molecule has 4 aromatic rings. The van der Waals surface area contributed by atoms with Gasteiger partial charge in [0.25, 0.3) is 5.91 Å². The number of benzene rings is 3. The van der Waals surface area contributed by atoms with Crippen LogP contribution in [0.1, 0.15) is 32.5 Å². The van der Waals surface area contributed by atoms with Crippen LogP contribution in [0.25, 0.3) is 10.8 Å². The van der Waals surface area contributed by atoms with Crippen molar-refractivity contribution in [1.29, 1.82) is 0 Å². The van der Waals surface area contributed by atoms with Crippen molar-refractivity contribution in [2.75, 3.05) is 6.61 Å². The minimum absolute atomic E-state index is 0.122. The number of fused-ring (bicyclic) bond motifs is 1. The highest BCUT2D eigenvalue weighted by Crippen LogP contribution is 2.29. The number of ether oxygens (including phenoxy) is 2. The van der Waals surface area contributed by atoms with Crippen LogP contribution in [0.5, 0.6) is 17.2 Å². The highest BCUT2D eigenvalue weighted by molar-refractivity contribution is 7.12. The first-order chi connectivity index (χ1) is 16.0. The molecule has 0 saturated carbocycles. The lowest BCUT2D eigenvalue weighted by Gasteiger charge is -2.11. The number of aromatic hydroxyl groups is 1. The number of phenols is 1. The van der Waals surface area contributed by atoms with E-state index in [-0.39, 0.29) is 17.1 Å². The maximum Gasteiger partial charge on any atom is 0.353 e. The van der Waals surface area contributed by atoms with Gasteiger partial charge >= 0.3 is 5.97 Å². The molecule has 33 heavy (non-hydrogen) atoms. The van der Waals surface area contributed by atoms with Gasteiger partial charge in [0, 0.05) is 0 Å². The molecule has 7 nitrogen and oxygen atoms in total. The number of carbonyl (C=O) groups is 2. The molecule has 0 fully saturated rings. The van der Waals surface area contributed by atoms with E-state index < -0.39 is 11.9 Å². The largest absolute Gasteiger partial charge is 0.507 e. The Kier molecular flexibility index (Phi) is 6.66. The molecule has 0 spiro atoms. The third-order valence-electron chi connectivity index (χ3n) is 4.68. The lowest BCUT2D eigenvalue weighted by atomic mass is 10.1. The highest BCUT2D eigenvalue weighted by Gasteiger charge is 2.14. The van der Waals surface area contributed by atoms with Crippen LogP contribution < -0.4 is 14.9 Å². The summed E-state index contributed by atoms with van der Waals surface area (Å²) >= 11 is 1.29. The van der Waals surface area contributed by atoms with E-state index in [1.54, 1.807) is 47.8 Å². The standard InChI is InChI=1S/C25H20N2O5S/c1-2-31-22-12-16(9-10-21(22)32-25(30)23-8-5-11-33-23)15-26-27-24(29)19-13-17-6-3-4-7-18(17)14-20(19)28/h3-15,28H,2H2,1H3,(H,27,29)/b26-15-. The van der Waals surface area contributed by atoms with Gasteiger partial charge in [0.2, 0.25) is 0 Å². The highest BCUT2D eigenvalue weighted by atomic mass is 32.1. The third kappa shape index (κ3) is 5.19. The number of hydrazone groups is 1. The number of nitrogens with zero attached hydrogens (tertiary/aromatic N) is 1. The fraction of sp³-hybridized carbons (Fsp3) is 0.0800. The van der Waals surface area contributed by atoms with Crippen molar-refractivity contribution in [1.82, 2.24) is 5.43 Å². The Morgan fingerprint density at radius 3 is 2.55 bits per heavy atom. The number of esters is 1. The molecule has 1 aromatic heterocycles. The van der Waals surface area contributed by atoms with Gasteiger partial charge in [-0.3, -0.25) is 4.79 Å². The summed E-state index contributed by atoms with van der Waals surface area (Å²) in [4.78, 5) is 25.2. The molecule has 0 atom stereocenters. The maximum absolute atomic E-state index is 12.5. The van der Waals surface area contributed by atoms with Gasteiger partial charge in [0.05, 0.1) is 18.4 Å². The van der Waals surface area contributed by atoms with Crippen molar-refractivity contribution in [3.8, 4) is 17.2 Å². The number of nitrogens with one attached hydrogen (secondary N) is 1. The van der Waals surface area contributed by atoms with E-state index in [9.17, 15) is 14.7 Å². The quantitative estimate of drug-likeness (QED) is 0.175. The molecule has 1 heterocycles. The van der Waals surface area contributed by atoms with E-state index in [0.29, 0.717) is 22.8 Å². The van der Waals surface area contributed by atoms with Crippen molar-refractivity contribution in [3.05, 3.63) is 88.1 Å². The molecule has 0 radical (unpaired) electrons. The molecule has 2 N–H and O–H groups in total. The van der Waals surface area contributed by atoms with Gasteiger partial charge in [0.1, 0.15) is 10.6 Å². The zero-order chi connectivity index (χ0) is 23.2. The Morgan fingerprint density at radius 1 is 1.03 bits per heavy atom. The van der Waals surface area contributed by atoms with Gasteiger partial charge in [-0.2, -0.15) is 5.10 Å². The van der Waals surface area contributed by atoms with Crippen LogP contribution in [0.4, 0.5) is 0 Å². The van der Waals surface area contributed by atoms with Gasteiger partial charge in [-0.1, -0.05) is 30.3 Å². The van der Waals surface area contributed by atoms with Crippen LogP contribution in [0.2, 0.25) is 0 Å². The maximum atomic E-state index is 12.5.